The zero-order chi connectivity index (χ0) is 20.3. The molecule has 29 heavy (non-hydrogen) atoms. The smallest absolute Gasteiger partial charge is 0.194 e. The molecule has 0 bridgehead atoms. The zero-order valence-corrected chi connectivity index (χ0v) is 22.2. The van der Waals surface area contributed by atoms with Gasteiger partial charge in [-0.05, 0) is 33.6 Å². The van der Waals surface area contributed by atoms with Gasteiger partial charge in [0, 0.05) is 49.8 Å². The van der Waals surface area contributed by atoms with Gasteiger partial charge in [-0.25, -0.2) is 8.42 Å². The van der Waals surface area contributed by atoms with Gasteiger partial charge in [-0.1, -0.05) is 19.3 Å². The van der Waals surface area contributed by atoms with Crippen LogP contribution in [0.25, 0.3) is 0 Å². The molecule has 0 aromatic carbocycles. The third kappa shape index (κ3) is 5.94. The Balaban J connectivity index is 0.00000300. The van der Waals surface area contributed by atoms with Gasteiger partial charge in [0.15, 0.2) is 15.8 Å². The van der Waals surface area contributed by atoms with Crippen molar-refractivity contribution in [3.8, 4) is 0 Å². The Morgan fingerprint density at radius 1 is 1.10 bits per heavy atom. The van der Waals surface area contributed by atoms with E-state index in [1.54, 1.807) is 0 Å². The summed E-state index contributed by atoms with van der Waals surface area (Å²) in [5.74, 6) is 3.55. The first-order valence-corrected chi connectivity index (χ1v) is 13.7. The summed E-state index contributed by atoms with van der Waals surface area (Å²) < 4.78 is 24.1. The first-order valence-electron chi connectivity index (χ1n) is 10.9. The van der Waals surface area contributed by atoms with E-state index in [1.165, 1.54) is 56.7 Å². The molecule has 170 valence electrons. The minimum absolute atomic E-state index is 0. The molecule has 2 heterocycles. The maximum Gasteiger partial charge on any atom is 0.194 e. The highest BCUT2D eigenvalue weighted by Crippen LogP contribution is 2.35. The Bertz CT molecular complexity index is 657. The van der Waals surface area contributed by atoms with Crippen molar-refractivity contribution < 1.29 is 8.42 Å². The van der Waals surface area contributed by atoms with E-state index in [2.05, 4.69) is 33.8 Å². The van der Waals surface area contributed by atoms with Crippen LogP contribution in [0.1, 0.15) is 52.9 Å². The van der Waals surface area contributed by atoms with Crippen LogP contribution in [0.2, 0.25) is 0 Å². The summed E-state index contributed by atoms with van der Waals surface area (Å²) in [5, 5.41) is 3.44. The Morgan fingerprint density at radius 3 is 2.34 bits per heavy atom. The number of hydrogen-bond donors (Lipinski definition) is 1. The van der Waals surface area contributed by atoms with Gasteiger partial charge in [0.05, 0.1) is 17.0 Å². The molecule has 3 aliphatic rings. The summed E-state index contributed by atoms with van der Waals surface area (Å²) in [6, 6.07) is 0. The van der Waals surface area contributed by atoms with Crippen LogP contribution in [0.4, 0.5) is 0 Å². The Morgan fingerprint density at radius 2 is 1.76 bits per heavy atom. The maximum atomic E-state index is 12.4. The predicted octanol–water partition coefficient (Wildman–Crippen LogP) is 2.83. The first-order chi connectivity index (χ1) is 13.3. The topological polar surface area (TPSA) is 65.0 Å². The van der Waals surface area contributed by atoms with Crippen LogP contribution < -0.4 is 5.32 Å². The average molecular weight is 559 g/mol. The molecule has 6 nitrogen and oxygen atoms in total. The molecule has 0 aromatic rings. The van der Waals surface area contributed by atoms with Gasteiger partial charge >= 0.3 is 0 Å². The molecule has 9 heteroatoms. The Hall–Kier alpha value is 0.260. The number of thioether (sulfide) groups is 1. The van der Waals surface area contributed by atoms with E-state index in [0.717, 1.165) is 19.0 Å². The normalized spacial score (nSPS) is 27.1. The Labute approximate surface area is 199 Å². The lowest BCUT2D eigenvalue weighted by atomic mass is 9.80. The lowest BCUT2D eigenvalue weighted by Crippen LogP contribution is -2.58. The molecular weight excluding hydrogens is 519 g/mol. The molecular formula is C20H39IN4O2S2. The van der Waals surface area contributed by atoms with Crippen molar-refractivity contribution in [1.29, 1.82) is 0 Å². The molecule has 0 radical (unpaired) electrons. The summed E-state index contributed by atoms with van der Waals surface area (Å²) in [7, 11) is -3.04. The lowest BCUT2D eigenvalue weighted by Gasteiger charge is -2.47. The van der Waals surface area contributed by atoms with Crippen molar-refractivity contribution in [1.82, 2.24) is 15.1 Å². The molecule has 2 saturated heterocycles. The van der Waals surface area contributed by atoms with Crippen molar-refractivity contribution in [2.45, 2.75) is 63.2 Å². The molecule has 1 aliphatic carbocycles. The standard InChI is InChI=1S/C20H38N4O2S2.HI/c1-4-21-18(23-12-15-28(25,26)19(2,3)17-23)22-16-20(8-6-5-7-9-20)24-10-13-27-14-11-24;/h4-17H2,1-3H3,(H,21,22);1H. The molecule has 0 aromatic heterocycles. The van der Waals surface area contributed by atoms with Crippen LogP contribution in [-0.4, -0.2) is 91.0 Å². The van der Waals surface area contributed by atoms with E-state index in [4.69, 9.17) is 4.99 Å². The summed E-state index contributed by atoms with van der Waals surface area (Å²) >= 11 is 2.06. The van der Waals surface area contributed by atoms with Crippen LogP contribution in [0.5, 0.6) is 0 Å². The third-order valence-electron chi connectivity index (χ3n) is 6.67. The number of aliphatic imine (C=N–C) groups is 1. The number of nitrogens with zero attached hydrogens (tertiary/aromatic N) is 3. The highest BCUT2D eigenvalue weighted by molar-refractivity contribution is 14.0. The quantitative estimate of drug-likeness (QED) is 0.326. The number of halogens is 1. The first kappa shape index (κ1) is 25.5. The van der Waals surface area contributed by atoms with Gasteiger partial charge in [-0.15, -0.1) is 24.0 Å². The van der Waals surface area contributed by atoms with Gasteiger partial charge < -0.3 is 10.2 Å². The van der Waals surface area contributed by atoms with E-state index in [1.807, 2.05) is 13.8 Å². The number of sulfone groups is 1. The second-order valence-electron chi connectivity index (χ2n) is 9.05. The summed E-state index contributed by atoms with van der Waals surface area (Å²) in [6.07, 6.45) is 6.41. The fourth-order valence-corrected chi connectivity index (χ4v) is 7.06. The van der Waals surface area contributed by atoms with Gasteiger partial charge in [-0.3, -0.25) is 9.89 Å². The van der Waals surface area contributed by atoms with Crippen LogP contribution in [0.3, 0.4) is 0 Å². The lowest BCUT2D eigenvalue weighted by molar-refractivity contribution is 0.0669. The maximum absolute atomic E-state index is 12.4. The average Bonchev–Trinajstić information content (AvgIpc) is 2.69. The minimum atomic E-state index is -3.04. The minimum Gasteiger partial charge on any atom is -0.357 e. The molecule has 1 N–H and O–H groups in total. The number of guanidine groups is 1. The molecule has 0 spiro atoms. The summed E-state index contributed by atoms with van der Waals surface area (Å²) in [5.41, 5.74) is 0.192. The highest BCUT2D eigenvalue weighted by atomic mass is 127. The number of hydrogen-bond acceptors (Lipinski definition) is 5. The SMILES string of the molecule is CCNC(=NCC1(N2CCSCC2)CCCCC1)N1CCS(=O)(=O)C(C)(C)C1.I. The summed E-state index contributed by atoms with van der Waals surface area (Å²) in [4.78, 5) is 9.98. The van der Waals surface area contributed by atoms with Gasteiger partial charge in [0.25, 0.3) is 0 Å². The molecule has 0 amide bonds. The zero-order valence-electron chi connectivity index (χ0n) is 18.3. The molecule has 0 atom stereocenters. The van der Waals surface area contributed by atoms with Crippen molar-refractivity contribution in [2.75, 3.05) is 56.5 Å². The van der Waals surface area contributed by atoms with E-state index in [-0.39, 0.29) is 35.3 Å². The molecule has 0 unspecified atom stereocenters. The molecule has 1 saturated carbocycles. The van der Waals surface area contributed by atoms with Gasteiger partial charge in [-0.2, -0.15) is 11.8 Å². The molecule has 3 fully saturated rings. The van der Waals surface area contributed by atoms with E-state index in [9.17, 15) is 8.42 Å². The van der Waals surface area contributed by atoms with E-state index >= 15 is 0 Å². The second kappa shape index (κ2) is 10.7. The molecule has 2 aliphatic heterocycles. The van der Waals surface area contributed by atoms with Crippen molar-refractivity contribution in [2.24, 2.45) is 4.99 Å². The number of rotatable bonds is 4. The number of nitrogens with one attached hydrogen (secondary N) is 1. The predicted molar refractivity (Wildman–Crippen MR) is 136 cm³/mol. The van der Waals surface area contributed by atoms with Crippen molar-refractivity contribution in [3.63, 3.8) is 0 Å². The van der Waals surface area contributed by atoms with Gasteiger partial charge in [0.1, 0.15) is 0 Å². The highest BCUT2D eigenvalue weighted by Gasteiger charge is 2.42. The second-order valence-corrected chi connectivity index (χ2v) is 13.0. The van der Waals surface area contributed by atoms with Crippen LogP contribution in [0.15, 0.2) is 4.99 Å². The fourth-order valence-electron chi connectivity index (χ4n) is 4.79. The van der Waals surface area contributed by atoms with E-state index in [0.29, 0.717) is 13.1 Å². The van der Waals surface area contributed by atoms with Crippen molar-refractivity contribution >= 4 is 51.5 Å². The molecule has 3 rings (SSSR count). The largest absolute Gasteiger partial charge is 0.357 e. The van der Waals surface area contributed by atoms with Gasteiger partial charge in [0.2, 0.25) is 0 Å². The van der Waals surface area contributed by atoms with E-state index < -0.39 is 14.6 Å². The van der Waals surface area contributed by atoms with Crippen LogP contribution in [0, 0.1) is 0 Å². The van der Waals surface area contributed by atoms with Crippen LogP contribution in [-0.2, 0) is 9.84 Å². The summed E-state index contributed by atoms with van der Waals surface area (Å²) in [6.45, 7) is 10.8. The van der Waals surface area contributed by atoms with Crippen molar-refractivity contribution in [3.05, 3.63) is 0 Å². The monoisotopic (exact) mass is 558 g/mol. The van der Waals surface area contributed by atoms with Crippen LogP contribution >= 0.6 is 35.7 Å². The Kier molecular flexibility index (Phi) is 9.43. The third-order valence-corrected chi connectivity index (χ3v) is 10.1. The fraction of sp³-hybridized carbons (Fsp3) is 0.950.